The molecule has 0 radical (unpaired) electrons. The number of carbonyl (C=O) groups is 1. The molecule has 2 saturated carbocycles. The second kappa shape index (κ2) is 9.62. The molecule has 0 aromatic heterocycles. The lowest BCUT2D eigenvalue weighted by Crippen LogP contribution is -2.40. The van der Waals surface area contributed by atoms with Crippen molar-refractivity contribution in [2.45, 2.75) is 80.7 Å². The molecule has 3 fully saturated rings. The highest BCUT2D eigenvalue weighted by Gasteiger charge is 2.44. The molecule has 1 heterocycles. The summed E-state index contributed by atoms with van der Waals surface area (Å²) in [5.74, 6) is -0.427. The highest BCUT2D eigenvalue weighted by molar-refractivity contribution is 7.89. The number of hydrogen-bond donors (Lipinski definition) is 3. The standard InChI is InChI=1S/C27H36N4O5S2/c1-26(2,3)30-38(35,36)21-6-4-5-20(17-21)28-25(32)23-10-9-22(37(33,34)29-19-7-8-19)18-24(23)31-15-13-27(11-12-27)14-16-31/h4-6,9-10,17-19,29-30H,7-8,11-16H2,1-3H3,(H,28,32). The summed E-state index contributed by atoms with van der Waals surface area (Å²) < 4.78 is 56.8. The van der Waals surface area contributed by atoms with Crippen LogP contribution in [0.15, 0.2) is 52.3 Å². The van der Waals surface area contributed by atoms with Crippen LogP contribution in [-0.2, 0) is 20.0 Å². The van der Waals surface area contributed by atoms with E-state index in [-0.39, 0.29) is 15.8 Å². The number of sulfonamides is 2. The Hall–Kier alpha value is -2.47. The lowest BCUT2D eigenvalue weighted by Gasteiger charge is -2.35. The van der Waals surface area contributed by atoms with Crippen molar-refractivity contribution in [3.05, 3.63) is 48.0 Å². The number of piperidine rings is 1. The zero-order chi connectivity index (χ0) is 27.3. The van der Waals surface area contributed by atoms with Crippen LogP contribution < -0.4 is 19.7 Å². The van der Waals surface area contributed by atoms with E-state index in [1.54, 1.807) is 45.0 Å². The van der Waals surface area contributed by atoms with E-state index in [4.69, 9.17) is 0 Å². The van der Waals surface area contributed by atoms with Gasteiger partial charge in [0.25, 0.3) is 5.91 Å². The maximum atomic E-state index is 13.5. The Kier molecular flexibility index (Phi) is 6.86. The van der Waals surface area contributed by atoms with E-state index in [1.165, 1.54) is 31.0 Å². The Labute approximate surface area is 225 Å². The minimum atomic E-state index is -3.78. The number of hydrogen-bond acceptors (Lipinski definition) is 6. The van der Waals surface area contributed by atoms with Crippen molar-refractivity contribution in [2.24, 2.45) is 5.41 Å². The fourth-order valence-corrected chi connectivity index (χ4v) is 7.71. The van der Waals surface area contributed by atoms with Gasteiger partial charge in [0.15, 0.2) is 0 Å². The van der Waals surface area contributed by atoms with Gasteiger partial charge in [-0.05, 0) is 101 Å². The van der Waals surface area contributed by atoms with Gasteiger partial charge in [-0.15, -0.1) is 0 Å². The molecule has 0 unspecified atom stereocenters. The summed E-state index contributed by atoms with van der Waals surface area (Å²) >= 11 is 0. The molecule has 1 saturated heterocycles. The van der Waals surface area contributed by atoms with Crippen LogP contribution in [0, 0.1) is 5.41 Å². The molecule has 38 heavy (non-hydrogen) atoms. The van der Waals surface area contributed by atoms with Crippen LogP contribution in [-0.4, -0.2) is 47.4 Å². The first-order chi connectivity index (χ1) is 17.8. The van der Waals surface area contributed by atoms with E-state index in [0.29, 0.717) is 22.4 Å². The largest absolute Gasteiger partial charge is 0.371 e. The Balaban J connectivity index is 1.42. The molecule has 9 nitrogen and oxygen atoms in total. The summed E-state index contributed by atoms with van der Waals surface area (Å²) in [4.78, 5) is 15.8. The van der Waals surface area contributed by atoms with Gasteiger partial charge < -0.3 is 10.2 Å². The molecule has 11 heteroatoms. The highest BCUT2D eigenvalue weighted by Crippen LogP contribution is 2.54. The molecule has 0 bridgehead atoms. The molecule has 0 atom stereocenters. The van der Waals surface area contributed by atoms with Gasteiger partial charge in [-0.3, -0.25) is 4.79 Å². The maximum Gasteiger partial charge on any atom is 0.257 e. The van der Waals surface area contributed by atoms with Gasteiger partial charge in [-0.25, -0.2) is 26.3 Å². The van der Waals surface area contributed by atoms with Gasteiger partial charge in [0.2, 0.25) is 20.0 Å². The first-order valence-corrected chi connectivity index (χ1v) is 16.1. The summed E-state index contributed by atoms with van der Waals surface area (Å²) in [6.45, 7) is 6.78. The number of amides is 1. The topological polar surface area (TPSA) is 125 Å². The Morgan fingerprint density at radius 1 is 0.895 bits per heavy atom. The molecule has 3 N–H and O–H groups in total. The van der Waals surface area contributed by atoms with Crippen molar-refractivity contribution >= 4 is 37.3 Å². The van der Waals surface area contributed by atoms with Gasteiger partial charge in [0.1, 0.15) is 0 Å². The quantitative estimate of drug-likeness (QED) is 0.451. The maximum absolute atomic E-state index is 13.5. The summed E-state index contributed by atoms with van der Waals surface area (Å²) in [7, 11) is -7.47. The summed E-state index contributed by atoms with van der Waals surface area (Å²) in [5.41, 5.74) is 1.03. The number of nitrogens with zero attached hydrogens (tertiary/aromatic N) is 1. The van der Waals surface area contributed by atoms with Crippen LogP contribution in [0.1, 0.15) is 69.7 Å². The van der Waals surface area contributed by atoms with E-state index in [9.17, 15) is 21.6 Å². The first-order valence-electron chi connectivity index (χ1n) is 13.1. The highest BCUT2D eigenvalue weighted by atomic mass is 32.2. The smallest absolute Gasteiger partial charge is 0.257 e. The summed E-state index contributed by atoms with van der Waals surface area (Å²) in [5, 5.41) is 2.82. The third-order valence-corrected chi connectivity index (χ3v) is 10.7. The van der Waals surface area contributed by atoms with Gasteiger partial charge >= 0.3 is 0 Å². The zero-order valence-electron chi connectivity index (χ0n) is 22.1. The van der Waals surface area contributed by atoms with Gasteiger partial charge in [-0.2, -0.15) is 0 Å². The minimum absolute atomic E-state index is 0.0209. The second-order valence-corrected chi connectivity index (χ2v) is 15.3. The van der Waals surface area contributed by atoms with Crippen LogP contribution in [0.5, 0.6) is 0 Å². The average molecular weight is 561 g/mol. The van der Waals surface area contributed by atoms with Crippen molar-refractivity contribution < 1.29 is 21.6 Å². The fraction of sp³-hybridized carbons (Fsp3) is 0.519. The Morgan fingerprint density at radius 2 is 1.55 bits per heavy atom. The van der Waals surface area contributed by atoms with Crippen LogP contribution in [0.2, 0.25) is 0 Å². The van der Waals surface area contributed by atoms with E-state index in [2.05, 4.69) is 19.7 Å². The Morgan fingerprint density at radius 3 is 2.16 bits per heavy atom. The van der Waals surface area contributed by atoms with Gasteiger partial charge in [0.05, 0.1) is 21.0 Å². The molecule has 1 spiro atoms. The van der Waals surface area contributed by atoms with Gasteiger partial charge in [-0.1, -0.05) is 6.07 Å². The predicted octanol–water partition coefficient (Wildman–Crippen LogP) is 3.84. The molecular formula is C27H36N4O5S2. The molecule has 3 aliphatic rings. The lowest BCUT2D eigenvalue weighted by molar-refractivity contribution is 0.102. The van der Waals surface area contributed by atoms with Crippen LogP contribution in [0.25, 0.3) is 0 Å². The summed E-state index contributed by atoms with van der Waals surface area (Å²) in [6, 6.07) is 10.7. The van der Waals surface area contributed by atoms with Crippen LogP contribution in [0.3, 0.4) is 0 Å². The van der Waals surface area contributed by atoms with Crippen LogP contribution >= 0.6 is 0 Å². The molecule has 2 aromatic carbocycles. The molecular weight excluding hydrogens is 524 g/mol. The van der Waals surface area contributed by atoms with Crippen molar-refractivity contribution in [3.8, 4) is 0 Å². The number of anilines is 2. The van der Waals surface area contributed by atoms with Gasteiger partial charge in [0, 0.05) is 30.4 Å². The molecule has 2 aromatic rings. The van der Waals surface area contributed by atoms with Crippen molar-refractivity contribution in [1.82, 2.24) is 9.44 Å². The third kappa shape index (κ3) is 6.22. The zero-order valence-corrected chi connectivity index (χ0v) is 23.7. The third-order valence-electron chi connectivity index (χ3n) is 7.39. The van der Waals surface area contributed by atoms with Crippen molar-refractivity contribution in [2.75, 3.05) is 23.3 Å². The van der Waals surface area contributed by atoms with E-state index in [0.717, 1.165) is 38.8 Å². The lowest BCUT2D eigenvalue weighted by atomic mass is 9.93. The molecule has 1 amide bonds. The predicted molar refractivity (Wildman–Crippen MR) is 147 cm³/mol. The van der Waals surface area contributed by atoms with Crippen molar-refractivity contribution in [1.29, 1.82) is 0 Å². The number of carbonyl (C=O) groups excluding carboxylic acids is 1. The second-order valence-electron chi connectivity index (χ2n) is 11.9. The normalized spacial score (nSPS) is 19.4. The molecule has 206 valence electrons. The molecule has 2 aliphatic carbocycles. The number of nitrogens with one attached hydrogen (secondary N) is 3. The van der Waals surface area contributed by atoms with E-state index < -0.39 is 31.5 Å². The summed E-state index contributed by atoms with van der Waals surface area (Å²) in [6.07, 6.45) is 6.17. The number of benzene rings is 2. The number of rotatable bonds is 8. The van der Waals surface area contributed by atoms with Crippen LogP contribution in [0.4, 0.5) is 11.4 Å². The fourth-order valence-electron chi connectivity index (χ4n) is 4.92. The van der Waals surface area contributed by atoms with E-state index >= 15 is 0 Å². The Bertz CT molecular complexity index is 1450. The first kappa shape index (κ1) is 27.1. The van der Waals surface area contributed by atoms with E-state index in [1.807, 2.05) is 0 Å². The van der Waals surface area contributed by atoms with Crippen molar-refractivity contribution in [3.63, 3.8) is 0 Å². The average Bonchev–Trinajstić information content (AvgIpc) is 3.77. The monoisotopic (exact) mass is 560 g/mol. The molecule has 5 rings (SSSR count). The minimum Gasteiger partial charge on any atom is -0.371 e. The SMILES string of the molecule is CC(C)(C)NS(=O)(=O)c1cccc(NC(=O)c2ccc(S(=O)(=O)NC3CC3)cc2N2CCC3(CC2)CC3)c1. The molecule has 1 aliphatic heterocycles.